The second-order valence-corrected chi connectivity index (χ2v) is 10.3. The molecule has 36 heavy (non-hydrogen) atoms. The van der Waals surface area contributed by atoms with Crippen LogP contribution in [-0.4, -0.2) is 60.5 Å². The number of aromatic amines is 1. The molecule has 0 spiro atoms. The lowest BCUT2D eigenvalue weighted by atomic mass is 9.86. The van der Waals surface area contributed by atoms with Gasteiger partial charge in [-0.05, 0) is 88.4 Å². The van der Waals surface area contributed by atoms with Gasteiger partial charge in [0, 0.05) is 48.2 Å². The van der Waals surface area contributed by atoms with Gasteiger partial charge in [0.25, 0.3) is 11.8 Å². The maximum atomic E-state index is 13.7. The van der Waals surface area contributed by atoms with Gasteiger partial charge in [0.2, 0.25) is 0 Å². The summed E-state index contributed by atoms with van der Waals surface area (Å²) >= 11 is 0. The first-order valence-electron chi connectivity index (χ1n) is 13.4. The van der Waals surface area contributed by atoms with Crippen molar-refractivity contribution >= 4 is 29.2 Å². The number of benzene rings is 1. The minimum absolute atomic E-state index is 0.00520. The Morgan fingerprint density at radius 2 is 1.89 bits per heavy atom. The summed E-state index contributed by atoms with van der Waals surface area (Å²) in [5, 5.41) is 3.05. The van der Waals surface area contributed by atoms with E-state index in [1.165, 1.54) is 0 Å². The molecule has 0 radical (unpaired) electrons. The first kappa shape index (κ1) is 26.2. The zero-order valence-electron chi connectivity index (χ0n) is 22.2. The van der Waals surface area contributed by atoms with Gasteiger partial charge in [-0.15, -0.1) is 0 Å². The number of nitrogens with one attached hydrogen (secondary N) is 2. The monoisotopic (exact) mass is 491 g/mol. The Kier molecular flexibility index (Phi) is 8.32. The van der Waals surface area contributed by atoms with Crippen LogP contribution in [0.1, 0.15) is 72.4 Å². The standard InChI is InChI=1S/C29H41N5O2/c1-5-33(6-2)14-13-31-28(35)22-9-12-24-25(17-26-19(3)15-20(4)32-26)29(36)34(27(24)16-22)18-21-7-10-23(30)11-8-21/h9,12,15-17,21,23,32H,5-8,10-11,13-14,18,30H2,1-4H3,(H,31,35)/b25-17-. The summed E-state index contributed by atoms with van der Waals surface area (Å²) in [5.41, 5.74) is 12.2. The van der Waals surface area contributed by atoms with Crippen LogP contribution < -0.4 is 16.0 Å². The van der Waals surface area contributed by atoms with Gasteiger partial charge in [-0.1, -0.05) is 19.9 Å². The number of carbonyl (C=O) groups excluding carboxylic acids is 2. The third-order valence-electron chi connectivity index (χ3n) is 7.74. The Balaban J connectivity index is 1.61. The summed E-state index contributed by atoms with van der Waals surface area (Å²) in [5.74, 6) is 0.321. The number of aryl methyl sites for hydroxylation is 2. The summed E-state index contributed by atoms with van der Waals surface area (Å²) in [6, 6.07) is 8.01. The van der Waals surface area contributed by atoms with Crippen LogP contribution in [0.4, 0.5) is 5.69 Å². The van der Waals surface area contributed by atoms with Crippen LogP contribution in [0, 0.1) is 19.8 Å². The number of anilines is 1. The van der Waals surface area contributed by atoms with E-state index in [1.807, 2.05) is 43.0 Å². The smallest absolute Gasteiger partial charge is 0.259 e. The molecule has 1 aliphatic heterocycles. The quantitative estimate of drug-likeness (QED) is 0.460. The summed E-state index contributed by atoms with van der Waals surface area (Å²) in [6.07, 6.45) is 6.01. The van der Waals surface area contributed by atoms with Gasteiger partial charge >= 0.3 is 0 Å². The lowest BCUT2D eigenvalue weighted by Gasteiger charge is -2.30. The van der Waals surface area contributed by atoms with E-state index in [-0.39, 0.29) is 17.9 Å². The van der Waals surface area contributed by atoms with Crippen molar-refractivity contribution in [3.05, 3.63) is 52.3 Å². The molecule has 2 aliphatic rings. The van der Waals surface area contributed by atoms with Crippen molar-refractivity contribution in [3.8, 4) is 0 Å². The second-order valence-electron chi connectivity index (χ2n) is 10.3. The van der Waals surface area contributed by atoms with Gasteiger partial charge in [0.15, 0.2) is 0 Å². The van der Waals surface area contributed by atoms with Crippen LogP contribution in [0.5, 0.6) is 0 Å². The molecule has 194 valence electrons. The first-order chi connectivity index (χ1) is 17.3. The van der Waals surface area contributed by atoms with Gasteiger partial charge in [-0.25, -0.2) is 0 Å². The molecule has 0 atom stereocenters. The summed E-state index contributed by atoms with van der Waals surface area (Å²) in [4.78, 5) is 34.2. The Bertz CT molecular complexity index is 1120. The molecule has 2 aromatic rings. The van der Waals surface area contributed by atoms with E-state index in [9.17, 15) is 9.59 Å². The van der Waals surface area contributed by atoms with Crippen molar-refractivity contribution in [3.63, 3.8) is 0 Å². The highest BCUT2D eigenvalue weighted by molar-refractivity contribution is 6.36. The number of rotatable bonds is 9. The van der Waals surface area contributed by atoms with Crippen molar-refractivity contribution in [2.24, 2.45) is 11.7 Å². The lowest BCUT2D eigenvalue weighted by molar-refractivity contribution is -0.113. The van der Waals surface area contributed by atoms with Gasteiger partial charge in [-0.3, -0.25) is 9.59 Å². The highest BCUT2D eigenvalue weighted by Gasteiger charge is 2.35. The molecule has 0 bridgehead atoms. The number of aromatic nitrogens is 1. The Morgan fingerprint density at radius 1 is 1.17 bits per heavy atom. The minimum atomic E-state index is -0.103. The second kappa shape index (κ2) is 11.4. The van der Waals surface area contributed by atoms with E-state index in [0.29, 0.717) is 30.1 Å². The number of fused-ring (bicyclic) bond motifs is 1. The van der Waals surface area contributed by atoms with Crippen LogP contribution in [0.25, 0.3) is 11.6 Å². The number of H-pyrrole nitrogens is 1. The number of likely N-dealkylation sites (N-methyl/N-ethyl adjacent to an activating group) is 1. The molecule has 1 aromatic carbocycles. The van der Waals surface area contributed by atoms with E-state index in [1.54, 1.807) is 0 Å². The molecule has 0 unspecified atom stereocenters. The molecule has 1 fully saturated rings. The van der Waals surface area contributed by atoms with Crippen molar-refractivity contribution in [2.75, 3.05) is 37.6 Å². The maximum absolute atomic E-state index is 13.7. The van der Waals surface area contributed by atoms with Gasteiger partial charge in [0.05, 0.1) is 11.3 Å². The Labute approximate surface area is 215 Å². The predicted molar refractivity (Wildman–Crippen MR) is 147 cm³/mol. The molecule has 2 amide bonds. The lowest BCUT2D eigenvalue weighted by Crippen LogP contribution is -2.36. The number of amides is 2. The molecular weight excluding hydrogens is 450 g/mol. The van der Waals surface area contributed by atoms with Crippen LogP contribution in [-0.2, 0) is 4.79 Å². The fraction of sp³-hybridized carbons (Fsp3) is 0.517. The molecule has 1 aliphatic carbocycles. The third-order valence-corrected chi connectivity index (χ3v) is 7.74. The fourth-order valence-electron chi connectivity index (χ4n) is 5.46. The largest absolute Gasteiger partial charge is 0.359 e. The topological polar surface area (TPSA) is 94.5 Å². The molecule has 4 N–H and O–H groups in total. The maximum Gasteiger partial charge on any atom is 0.259 e. The highest BCUT2D eigenvalue weighted by Crippen LogP contribution is 2.40. The number of hydrogen-bond acceptors (Lipinski definition) is 4. The molecular formula is C29H41N5O2. The summed E-state index contributed by atoms with van der Waals surface area (Å²) < 4.78 is 0. The van der Waals surface area contributed by atoms with Gasteiger partial charge in [-0.2, -0.15) is 0 Å². The van der Waals surface area contributed by atoms with E-state index in [4.69, 9.17) is 5.73 Å². The van der Waals surface area contributed by atoms with Crippen LogP contribution in [0.3, 0.4) is 0 Å². The van der Waals surface area contributed by atoms with Crippen LogP contribution in [0.15, 0.2) is 24.3 Å². The Hall–Kier alpha value is -2.90. The van der Waals surface area contributed by atoms with Gasteiger partial charge in [0.1, 0.15) is 0 Å². The molecule has 7 nitrogen and oxygen atoms in total. The highest BCUT2D eigenvalue weighted by atomic mass is 16.2. The average Bonchev–Trinajstić information content (AvgIpc) is 3.32. The molecule has 2 heterocycles. The van der Waals surface area contributed by atoms with E-state index < -0.39 is 0 Å². The van der Waals surface area contributed by atoms with Crippen molar-refractivity contribution in [1.29, 1.82) is 0 Å². The summed E-state index contributed by atoms with van der Waals surface area (Å²) in [7, 11) is 0. The normalized spacial score (nSPS) is 20.9. The molecule has 7 heteroatoms. The Morgan fingerprint density at radius 3 is 2.53 bits per heavy atom. The van der Waals surface area contributed by atoms with Crippen LogP contribution >= 0.6 is 0 Å². The SMILES string of the molecule is CCN(CC)CCNC(=O)c1ccc2c(c1)N(CC1CCC(N)CC1)C(=O)/C2=C\c1[nH]c(C)cc1C. The van der Waals surface area contributed by atoms with Crippen molar-refractivity contribution < 1.29 is 9.59 Å². The van der Waals surface area contributed by atoms with E-state index in [0.717, 1.165) is 73.5 Å². The summed E-state index contributed by atoms with van der Waals surface area (Å²) in [6.45, 7) is 12.3. The predicted octanol–water partition coefficient (Wildman–Crippen LogP) is 4.11. The molecule has 1 saturated carbocycles. The third kappa shape index (κ3) is 5.73. The zero-order chi connectivity index (χ0) is 25.8. The number of hydrogen-bond donors (Lipinski definition) is 3. The average molecular weight is 492 g/mol. The number of nitrogens with zero attached hydrogens (tertiary/aromatic N) is 2. The molecule has 0 saturated heterocycles. The van der Waals surface area contributed by atoms with Crippen molar-refractivity contribution in [1.82, 2.24) is 15.2 Å². The zero-order valence-corrected chi connectivity index (χ0v) is 22.2. The first-order valence-corrected chi connectivity index (χ1v) is 13.4. The fourth-order valence-corrected chi connectivity index (χ4v) is 5.46. The molecule has 4 rings (SSSR count). The number of carbonyl (C=O) groups is 2. The van der Waals surface area contributed by atoms with E-state index in [2.05, 4.69) is 35.1 Å². The van der Waals surface area contributed by atoms with E-state index >= 15 is 0 Å². The molecule has 1 aromatic heterocycles. The van der Waals surface area contributed by atoms with Crippen LogP contribution in [0.2, 0.25) is 0 Å². The minimum Gasteiger partial charge on any atom is -0.359 e. The number of nitrogens with two attached hydrogens (primary N) is 1. The van der Waals surface area contributed by atoms with Crippen molar-refractivity contribution in [2.45, 2.75) is 59.4 Å². The van der Waals surface area contributed by atoms with Gasteiger partial charge < -0.3 is 25.8 Å².